The van der Waals surface area contributed by atoms with Crippen LogP contribution in [0.5, 0.6) is 17.2 Å². The summed E-state index contributed by atoms with van der Waals surface area (Å²) in [6.45, 7) is 2.01. The molecule has 0 bridgehead atoms. The molecule has 15 heteroatoms. The molecule has 3 aliphatic heterocycles. The van der Waals surface area contributed by atoms with E-state index in [-0.39, 0.29) is 26.2 Å². The molecule has 1 saturated heterocycles. The van der Waals surface area contributed by atoms with Crippen molar-refractivity contribution in [3.8, 4) is 39.8 Å². The van der Waals surface area contributed by atoms with Crippen LogP contribution in [0.3, 0.4) is 0 Å². The highest BCUT2D eigenvalue weighted by Crippen LogP contribution is 2.46. The van der Waals surface area contributed by atoms with E-state index >= 15 is 0 Å². The fourth-order valence-electron chi connectivity index (χ4n) is 6.67. The van der Waals surface area contributed by atoms with Gasteiger partial charge in [-0.15, -0.1) is 0 Å². The maximum atomic E-state index is 13.3. The summed E-state index contributed by atoms with van der Waals surface area (Å²) in [6, 6.07) is 18.4. The highest BCUT2D eigenvalue weighted by Gasteiger charge is 2.74. The van der Waals surface area contributed by atoms with Gasteiger partial charge in [-0.1, -0.05) is 29.8 Å². The van der Waals surface area contributed by atoms with Crippen molar-refractivity contribution in [1.82, 2.24) is 19.8 Å². The van der Waals surface area contributed by atoms with Gasteiger partial charge >= 0.3 is 35.7 Å². The number of hydrogen-bond donors (Lipinski definition) is 0. The van der Waals surface area contributed by atoms with Gasteiger partial charge in [0.05, 0.1) is 32.7 Å². The maximum Gasteiger partial charge on any atom is 0.420 e. The lowest BCUT2D eigenvalue weighted by atomic mass is 10.0. The van der Waals surface area contributed by atoms with Crippen LogP contribution in [0, 0.1) is 6.92 Å². The minimum absolute atomic E-state index is 0.0272. The van der Waals surface area contributed by atoms with E-state index in [2.05, 4.69) is 9.97 Å². The van der Waals surface area contributed by atoms with E-state index in [1.165, 1.54) is 31.1 Å². The zero-order valence-corrected chi connectivity index (χ0v) is 30.3. The SMILES string of the molecule is COc1cc(-c2cc(CN3CCN(Cc4ccnc(-c5ccc(C)cc5)c4)C4(OC(=O)C=CC(=O)O4)C34OC(=O)C=CC(=O)O4)ccn2)cc(OC)c1OC. The number of esters is 4. The van der Waals surface area contributed by atoms with E-state index < -0.39 is 35.7 Å². The van der Waals surface area contributed by atoms with Crippen LogP contribution in [0.15, 0.2) is 97.4 Å². The predicted molar refractivity (Wildman–Crippen MR) is 193 cm³/mol. The van der Waals surface area contributed by atoms with Crippen molar-refractivity contribution >= 4 is 23.9 Å². The average molecular weight is 749 g/mol. The zero-order valence-electron chi connectivity index (χ0n) is 30.3. The van der Waals surface area contributed by atoms with Crippen LogP contribution in [0.4, 0.5) is 0 Å². The maximum absolute atomic E-state index is 13.3. The number of rotatable bonds is 9. The first-order valence-electron chi connectivity index (χ1n) is 17.1. The van der Waals surface area contributed by atoms with Crippen LogP contribution in [0.2, 0.25) is 0 Å². The van der Waals surface area contributed by atoms with Gasteiger partial charge < -0.3 is 33.2 Å². The highest BCUT2D eigenvalue weighted by molar-refractivity contribution is 5.95. The summed E-state index contributed by atoms with van der Waals surface area (Å²) in [6.07, 6.45) is 6.73. The number of fused-ring (bicyclic) bond motifs is 1. The summed E-state index contributed by atoms with van der Waals surface area (Å²) in [4.78, 5) is 65.4. The second-order valence-electron chi connectivity index (χ2n) is 12.7. The second kappa shape index (κ2) is 15.0. The van der Waals surface area contributed by atoms with Crippen molar-refractivity contribution in [2.45, 2.75) is 31.8 Å². The molecular formula is C40H36N4O11. The molecule has 3 aliphatic rings. The van der Waals surface area contributed by atoms with E-state index in [9.17, 15) is 19.2 Å². The first-order valence-corrected chi connectivity index (χ1v) is 17.1. The number of hydrogen-bond acceptors (Lipinski definition) is 15. The Morgan fingerprint density at radius 1 is 0.582 bits per heavy atom. The third-order valence-corrected chi connectivity index (χ3v) is 9.24. The lowest BCUT2D eigenvalue weighted by Gasteiger charge is -2.55. The van der Waals surface area contributed by atoms with E-state index in [4.69, 9.17) is 33.2 Å². The van der Waals surface area contributed by atoms with Gasteiger partial charge in [0.2, 0.25) is 5.75 Å². The number of carbonyl (C=O) groups excluding carboxylic acids is 4. The molecule has 0 N–H and O–H groups in total. The minimum atomic E-state index is -2.65. The third-order valence-electron chi connectivity index (χ3n) is 9.24. The molecule has 0 unspecified atom stereocenters. The number of ether oxygens (including phenoxy) is 7. The van der Waals surface area contributed by atoms with Gasteiger partial charge in [0.15, 0.2) is 11.5 Å². The Bertz CT molecular complexity index is 2150. The molecule has 1 fully saturated rings. The van der Waals surface area contributed by atoms with Crippen molar-refractivity contribution in [2.24, 2.45) is 0 Å². The molecule has 0 saturated carbocycles. The summed E-state index contributed by atoms with van der Waals surface area (Å²) < 4.78 is 40.4. The zero-order chi connectivity index (χ0) is 38.7. The van der Waals surface area contributed by atoms with Crippen LogP contribution < -0.4 is 14.2 Å². The summed E-state index contributed by atoms with van der Waals surface area (Å²) in [5.74, 6) is -8.10. The molecule has 7 rings (SSSR count). The highest BCUT2D eigenvalue weighted by atomic mass is 16.8. The molecule has 2 aromatic heterocycles. The van der Waals surface area contributed by atoms with Crippen molar-refractivity contribution in [3.05, 3.63) is 114 Å². The minimum Gasteiger partial charge on any atom is -0.493 e. The van der Waals surface area contributed by atoms with Gasteiger partial charge in [0.25, 0.3) is 0 Å². The normalized spacial score (nSPS) is 17.8. The van der Waals surface area contributed by atoms with Crippen molar-refractivity contribution in [1.29, 1.82) is 0 Å². The molecule has 4 aromatic rings. The second-order valence-corrected chi connectivity index (χ2v) is 12.7. The van der Waals surface area contributed by atoms with E-state index in [0.29, 0.717) is 45.3 Å². The quantitative estimate of drug-likeness (QED) is 0.225. The largest absolute Gasteiger partial charge is 0.493 e. The smallest absolute Gasteiger partial charge is 0.420 e. The number of aromatic nitrogens is 2. The van der Waals surface area contributed by atoms with Crippen LogP contribution in [0.25, 0.3) is 22.5 Å². The molecule has 2 aromatic carbocycles. The van der Waals surface area contributed by atoms with Gasteiger partial charge in [0, 0.05) is 74.0 Å². The summed E-state index contributed by atoms with van der Waals surface area (Å²) in [5, 5.41) is 0. The Kier molecular flexibility index (Phi) is 10.1. The lowest BCUT2D eigenvalue weighted by molar-refractivity contribution is -0.465. The monoisotopic (exact) mass is 748 g/mol. The fourth-order valence-corrected chi connectivity index (χ4v) is 6.67. The van der Waals surface area contributed by atoms with Crippen molar-refractivity contribution < 1.29 is 52.3 Å². The van der Waals surface area contributed by atoms with Crippen LogP contribution >= 0.6 is 0 Å². The van der Waals surface area contributed by atoms with Crippen LogP contribution in [0.1, 0.15) is 16.7 Å². The molecule has 282 valence electrons. The topological polar surface area (TPSA) is 165 Å². The van der Waals surface area contributed by atoms with E-state index in [1.807, 2.05) is 37.3 Å². The molecule has 0 atom stereocenters. The van der Waals surface area contributed by atoms with Gasteiger partial charge in [-0.05, 0) is 54.4 Å². The summed E-state index contributed by atoms with van der Waals surface area (Å²) >= 11 is 0. The van der Waals surface area contributed by atoms with Crippen LogP contribution in [-0.2, 0) is 51.2 Å². The Morgan fingerprint density at radius 2 is 1.00 bits per heavy atom. The van der Waals surface area contributed by atoms with Crippen molar-refractivity contribution in [3.63, 3.8) is 0 Å². The summed E-state index contributed by atoms with van der Waals surface area (Å²) in [5.41, 5.74) is 5.02. The number of piperazine rings is 1. The average Bonchev–Trinajstić information content (AvgIpc) is 3.45. The molecular weight excluding hydrogens is 712 g/mol. The number of aryl methyl sites for hydroxylation is 1. The Morgan fingerprint density at radius 3 is 1.40 bits per heavy atom. The van der Waals surface area contributed by atoms with Gasteiger partial charge in [-0.25, -0.2) is 29.0 Å². The summed E-state index contributed by atoms with van der Waals surface area (Å²) in [7, 11) is 4.51. The van der Waals surface area contributed by atoms with E-state index in [0.717, 1.165) is 35.4 Å². The first-order chi connectivity index (χ1) is 26.6. The number of methoxy groups -OCH3 is 3. The van der Waals surface area contributed by atoms with Gasteiger partial charge in [0.1, 0.15) is 0 Å². The molecule has 0 aliphatic carbocycles. The van der Waals surface area contributed by atoms with Gasteiger partial charge in [-0.3, -0.25) is 9.97 Å². The molecule has 2 spiro atoms. The van der Waals surface area contributed by atoms with Crippen LogP contribution in [-0.4, -0.2) is 89.9 Å². The number of benzene rings is 2. The molecule has 0 radical (unpaired) electrons. The predicted octanol–water partition coefficient (Wildman–Crippen LogP) is 4.08. The van der Waals surface area contributed by atoms with Gasteiger partial charge in [-0.2, -0.15) is 0 Å². The van der Waals surface area contributed by atoms with E-state index in [1.54, 1.807) is 42.7 Å². The Balaban J connectivity index is 1.31. The Labute approximate surface area is 315 Å². The third kappa shape index (κ3) is 7.10. The van der Waals surface area contributed by atoms with Crippen molar-refractivity contribution in [2.75, 3.05) is 34.4 Å². The Hall–Kier alpha value is -6.58. The standard InChI is InChI=1S/C40H36N4O11/c1-25-5-7-28(8-6-25)30-19-26(13-15-41-30)23-43-17-18-44(24-27-14-16-42-31(20-27)29-21-32(49-2)38(51-4)33(22-29)50-3)40(54-36(47)11-12-37(48)55-40)39(43)52-34(45)9-10-35(46)53-39/h5-16,19-22H,17-18,23-24H2,1-4H3. The molecule has 5 heterocycles. The lowest BCUT2D eigenvalue weighted by Crippen LogP contribution is -2.80. The number of pyridine rings is 2. The first kappa shape index (κ1) is 36.8. The molecule has 15 nitrogen and oxygen atoms in total. The fraction of sp³-hybridized carbons (Fsp3) is 0.250. The number of carbonyl (C=O) groups is 4. The molecule has 55 heavy (non-hydrogen) atoms. The molecule has 0 amide bonds. The number of nitrogens with zero attached hydrogens (tertiary/aromatic N) is 4.